The Morgan fingerprint density at radius 3 is 1.44 bits per heavy atom. The molecule has 3 N–H and O–H groups in total. The fourth-order valence-corrected chi connectivity index (χ4v) is 0.687. The molecule has 0 saturated heterocycles. The van der Waals surface area contributed by atoms with Crippen LogP contribution in [0.2, 0.25) is 0 Å². The van der Waals surface area contributed by atoms with Crippen molar-refractivity contribution in [3.63, 3.8) is 0 Å². The molecule has 0 fully saturated rings. The highest BCUT2D eigenvalue weighted by molar-refractivity contribution is 7.63. The third-order valence-electron chi connectivity index (χ3n) is 0.576. The third-order valence-corrected chi connectivity index (χ3v) is 3.20. The highest BCUT2D eigenvalue weighted by atomic mass is 31.2. The Morgan fingerprint density at radius 1 is 1.11 bits per heavy atom. The second-order valence-corrected chi connectivity index (χ2v) is 4.67. The van der Waals surface area contributed by atoms with Crippen LogP contribution in [0.3, 0.4) is 0 Å². The quantitative estimate of drug-likeness (QED) is 0.385. The van der Waals surface area contributed by atoms with Crippen molar-refractivity contribution >= 4 is 25.4 Å². The van der Waals surface area contributed by atoms with Crippen LogP contribution in [0.15, 0.2) is 0 Å². The summed E-state index contributed by atoms with van der Waals surface area (Å²) in [7, 11) is -1.70. The van der Waals surface area contributed by atoms with Gasteiger partial charge in [0.1, 0.15) is 0 Å². The van der Waals surface area contributed by atoms with Crippen LogP contribution in [-0.4, -0.2) is 4.76 Å². The second kappa shape index (κ2) is 4.10. The topological polar surface area (TPSA) is 89.3 Å². The third kappa shape index (κ3) is 2.13. The van der Waals surface area contributed by atoms with Crippen LogP contribution in [0.25, 0.3) is 0 Å². The standard InChI is InChI=1S/CH3N2O3P3/c2-3-1(7-4,8-5)9-6/h3H,2H2. The monoisotopic (exact) mass is 184 g/mol. The molecule has 0 heterocycles. The zero-order valence-electron chi connectivity index (χ0n) is 4.14. The van der Waals surface area contributed by atoms with Gasteiger partial charge in [0.25, 0.3) is 4.76 Å². The van der Waals surface area contributed by atoms with Gasteiger partial charge < -0.3 is 0 Å². The molecule has 0 aliphatic heterocycles. The van der Waals surface area contributed by atoms with Gasteiger partial charge in [-0.2, -0.15) is 0 Å². The number of hydrogen-bond acceptors (Lipinski definition) is 5. The summed E-state index contributed by atoms with van der Waals surface area (Å²) < 4.78 is 28.6. The highest BCUT2D eigenvalue weighted by Crippen LogP contribution is 2.40. The van der Waals surface area contributed by atoms with Crippen molar-refractivity contribution in [3.05, 3.63) is 0 Å². The molecular formula is CH3N2O3P3. The van der Waals surface area contributed by atoms with Crippen LogP contribution in [-0.2, 0) is 13.7 Å². The average Bonchev–Trinajstić information content (AvgIpc) is 1.95. The van der Waals surface area contributed by atoms with Crippen molar-refractivity contribution in [1.82, 2.24) is 5.43 Å². The fraction of sp³-hybridized carbons (Fsp3) is 1.00. The molecular weight excluding hydrogens is 181 g/mol. The minimum atomic E-state index is -1.56. The van der Waals surface area contributed by atoms with Crippen LogP contribution < -0.4 is 11.3 Å². The molecule has 0 aliphatic carbocycles. The van der Waals surface area contributed by atoms with E-state index in [9.17, 15) is 13.7 Å². The maximum Gasteiger partial charge on any atom is 0.272 e. The minimum Gasteiger partial charge on any atom is -0.271 e. The van der Waals surface area contributed by atoms with E-state index in [1.807, 2.05) is 5.43 Å². The molecule has 5 nitrogen and oxygen atoms in total. The molecule has 0 bridgehead atoms. The minimum absolute atomic E-state index is 0.568. The summed E-state index contributed by atoms with van der Waals surface area (Å²) >= 11 is 0. The molecule has 0 spiro atoms. The summed E-state index contributed by atoms with van der Waals surface area (Å²) in [5, 5.41) is 0. The average molecular weight is 184 g/mol. The molecule has 50 valence electrons. The van der Waals surface area contributed by atoms with Crippen LogP contribution in [0.4, 0.5) is 0 Å². The predicted molar refractivity (Wildman–Crippen MR) is 32.9 cm³/mol. The Hall–Kier alpha value is 0.220. The van der Waals surface area contributed by atoms with Crippen molar-refractivity contribution in [2.24, 2.45) is 5.84 Å². The van der Waals surface area contributed by atoms with E-state index in [1.54, 1.807) is 0 Å². The summed E-state index contributed by atoms with van der Waals surface area (Å²) in [6.45, 7) is 0. The van der Waals surface area contributed by atoms with Gasteiger partial charge in [-0.3, -0.25) is 19.5 Å². The molecule has 0 aliphatic rings. The molecule has 0 unspecified atom stereocenters. The van der Waals surface area contributed by atoms with Crippen molar-refractivity contribution in [1.29, 1.82) is 0 Å². The Bertz CT molecular complexity index is 115. The number of rotatable bonds is 4. The molecule has 0 radical (unpaired) electrons. The molecule has 0 saturated carbocycles. The van der Waals surface area contributed by atoms with E-state index < -0.39 is 30.1 Å². The molecule has 0 rings (SSSR count). The number of hydrogen-bond donors (Lipinski definition) is 2. The van der Waals surface area contributed by atoms with Gasteiger partial charge in [0.15, 0.2) is 0 Å². The van der Waals surface area contributed by atoms with E-state index >= 15 is 0 Å². The number of hydrazine groups is 1. The van der Waals surface area contributed by atoms with Crippen molar-refractivity contribution in [2.75, 3.05) is 0 Å². The van der Waals surface area contributed by atoms with Crippen LogP contribution in [0.1, 0.15) is 0 Å². The van der Waals surface area contributed by atoms with Gasteiger partial charge in [0, 0.05) is 0 Å². The second-order valence-electron chi connectivity index (χ2n) is 1.05. The molecule has 0 atom stereocenters. The summed E-state index contributed by atoms with van der Waals surface area (Å²) in [5.41, 5.74) is 1.89. The van der Waals surface area contributed by atoms with Crippen LogP contribution >= 0.6 is 25.4 Å². The predicted octanol–water partition coefficient (Wildman–Crippen LogP) is 0.936. The van der Waals surface area contributed by atoms with Crippen LogP contribution in [0, 0.1) is 0 Å². The first-order valence-corrected chi connectivity index (χ1v) is 4.19. The largest absolute Gasteiger partial charge is 0.272 e. The Balaban J connectivity index is 4.34. The van der Waals surface area contributed by atoms with Crippen molar-refractivity contribution in [2.45, 2.75) is 4.76 Å². The highest BCUT2D eigenvalue weighted by Gasteiger charge is 2.31. The van der Waals surface area contributed by atoms with Gasteiger partial charge in [-0.15, -0.1) is 0 Å². The maximum absolute atomic E-state index is 10.1. The smallest absolute Gasteiger partial charge is 0.271 e. The zero-order chi connectivity index (χ0) is 7.33. The molecule has 8 heteroatoms. The van der Waals surface area contributed by atoms with Gasteiger partial charge in [0.2, 0.25) is 25.4 Å². The molecule has 0 amide bonds. The SMILES string of the molecule is NNC(P=O)(P=O)P=O. The summed E-state index contributed by atoms with van der Waals surface area (Å²) in [6.07, 6.45) is 0. The van der Waals surface area contributed by atoms with Gasteiger partial charge in [-0.1, -0.05) is 0 Å². The Morgan fingerprint density at radius 2 is 1.44 bits per heavy atom. The number of nitrogens with two attached hydrogens (primary N) is 1. The molecule has 0 aromatic heterocycles. The van der Waals surface area contributed by atoms with E-state index in [1.165, 1.54) is 0 Å². The summed E-state index contributed by atoms with van der Waals surface area (Å²) in [6, 6.07) is 0. The zero-order valence-corrected chi connectivity index (χ0v) is 6.83. The van der Waals surface area contributed by atoms with Crippen molar-refractivity contribution in [3.8, 4) is 0 Å². The Labute approximate surface area is 56.0 Å². The first kappa shape index (κ1) is 9.22. The van der Waals surface area contributed by atoms with Gasteiger partial charge in [0.05, 0.1) is 0 Å². The van der Waals surface area contributed by atoms with Gasteiger partial charge in [-0.25, -0.2) is 5.43 Å². The van der Waals surface area contributed by atoms with Gasteiger partial charge in [-0.05, 0) is 0 Å². The Kier molecular flexibility index (Phi) is 4.20. The van der Waals surface area contributed by atoms with E-state index in [2.05, 4.69) is 0 Å². The van der Waals surface area contributed by atoms with E-state index in [0.29, 0.717) is 0 Å². The van der Waals surface area contributed by atoms with E-state index in [-0.39, 0.29) is 0 Å². The van der Waals surface area contributed by atoms with Gasteiger partial charge >= 0.3 is 0 Å². The lowest BCUT2D eigenvalue weighted by Crippen LogP contribution is -2.34. The molecule has 0 aromatic rings. The summed E-state index contributed by atoms with van der Waals surface area (Å²) in [4.78, 5) is 0. The first-order valence-electron chi connectivity index (χ1n) is 1.76. The van der Waals surface area contributed by atoms with Crippen LogP contribution in [0.5, 0.6) is 0 Å². The van der Waals surface area contributed by atoms with E-state index in [4.69, 9.17) is 5.84 Å². The lowest BCUT2D eigenvalue weighted by atomic mass is 11.4. The number of nitrogens with one attached hydrogen (secondary N) is 1. The normalized spacial score (nSPS) is 18.3. The molecule has 0 aromatic carbocycles. The first-order chi connectivity index (χ1) is 4.24. The lowest BCUT2D eigenvalue weighted by Gasteiger charge is -2.04. The summed E-state index contributed by atoms with van der Waals surface area (Å²) in [5.74, 6) is 4.77. The van der Waals surface area contributed by atoms with Crippen molar-refractivity contribution < 1.29 is 13.7 Å². The fourth-order valence-electron chi connectivity index (χ4n) is 0.129. The van der Waals surface area contributed by atoms with E-state index in [0.717, 1.165) is 0 Å². The molecule has 9 heavy (non-hydrogen) atoms. The maximum atomic E-state index is 10.1. The lowest BCUT2D eigenvalue weighted by molar-refractivity contribution is 0.559.